The van der Waals surface area contributed by atoms with E-state index in [-0.39, 0.29) is 30.6 Å². The van der Waals surface area contributed by atoms with Gasteiger partial charge in [0.05, 0.1) is 6.04 Å². The predicted octanol–water partition coefficient (Wildman–Crippen LogP) is 1.91. The molecule has 94 valence electrons. The van der Waals surface area contributed by atoms with Crippen molar-refractivity contribution in [3.05, 3.63) is 0 Å². The summed E-state index contributed by atoms with van der Waals surface area (Å²) in [5, 5.41) is 0. The lowest BCUT2D eigenvalue weighted by Gasteiger charge is -2.27. The molecule has 2 aliphatic heterocycles. The van der Waals surface area contributed by atoms with Gasteiger partial charge in [0.15, 0.2) is 0 Å². The fraction of sp³-hybridized carbons (Fsp3) is 0.909. The van der Waals surface area contributed by atoms with Crippen molar-refractivity contribution in [3.63, 3.8) is 0 Å². The molecule has 0 saturated carbocycles. The lowest BCUT2D eigenvalue weighted by molar-refractivity contribution is 0.0213. The molecule has 16 heavy (non-hydrogen) atoms. The number of fused-ring (bicyclic) bond motifs is 2. The smallest absolute Gasteiger partial charge is 0.410 e. The van der Waals surface area contributed by atoms with E-state index in [1.807, 2.05) is 25.7 Å². The Hall–Kier alpha value is -0.480. The van der Waals surface area contributed by atoms with Crippen LogP contribution < -0.4 is 5.73 Å². The quantitative estimate of drug-likeness (QED) is 0.713. The fourth-order valence-electron chi connectivity index (χ4n) is 2.63. The highest BCUT2D eigenvalue weighted by atomic mass is 35.5. The van der Waals surface area contributed by atoms with Gasteiger partial charge in [-0.1, -0.05) is 0 Å². The zero-order valence-electron chi connectivity index (χ0n) is 10.1. The Labute approximate surface area is 103 Å². The average Bonchev–Trinajstić information content (AvgIpc) is 2.55. The Bertz CT molecular complexity index is 278. The Morgan fingerprint density at radius 1 is 1.38 bits per heavy atom. The third kappa shape index (κ3) is 2.43. The molecular formula is C11H21ClN2O2. The van der Waals surface area contributed by atoms with Gasteiger partial charge in [0, 0.05) is 12.1 Å². The second-order valence-corrected chi connectivity index (χ2v) is 5.59. The molecule has 2 saturated heterocycles. The number of nitrogens with two attached hydrogens (primary N) is 1. The third-order valence-electron chi connectivity index (χ3n) is 3.19. The van der Waals surface area contributed by atoms with E-state index in [1.165, 1.54) is 0 Å². The maximum absolute atomic E-state index is 11.9. The molecule has 3 atom stereocenters. The van der Waals surface area contributed by atoms with E-state index in [0.29, 0.717) is 6.04 Å². The van der Waals surface area contributed by atoms with Crippen LogP contribution in [0.25, 0.3) is 0 Å². The van der Waals surface area contributed by atoms with Crippen molar-refractivity contribution < 1.29 is 9.53 Å². The van der Waals surface area contributed by atoms with Crippen LogP contribution in [0.1, 0.15) is 40.0 Å². The molecule has 2 heterocycles. The molecule has 2 N–H and O–H groups in total. The van der Waals surface area contributed by atoms with Crippen LogP contribution in [0.3, 0.4) is 0 Å². The molecule has 2 bridgehead atoms. The van der Waals surface area contributed by atoms with Gasteiger partial charge in [0.1, 0.15) is 5.60 Å². The number of rotatable bonds is 0. The van der Waals surface area contributed by atoms with Crippen molar-refractivity contribution in [1.29, 1.82) is 0 Å². The summed E-state index contributed by atoms with van der Waals surface area (Å²) in [7, 11) is 0. The molecule has 0 aromatic rings. The lowest BCUT2D eigenvalue weighted by atomic mass is 9.97. The molecule has 0 aromatic heterocycles. The van der Waals surface area contributed by atoms with Gasteiger partial charge in [-0.15, -0.1) is 12.4 Å². The van der Waals surface area contributed by atoms with Crippen LogP contribution in [0, 0.1) is 0 Å². The van der Waals surface area contributed by atoms with Gasteiger partial charge in [-0.3, -0.25) is 0 Å². The van der Waals surface area contributed by atoms with E-state index in [1.54, 1.807) is 0 Å². The Morgan fingerprint density at radius 3 is 2.38 bits per heavy atom. The average molecular weight is 249 g/mol. The van der Waals surface area contributed by atoms with Crippen molar-refractivity contribution in [2.24, 2.45) is 5.73 Å². The number of hydrogen-bond acceptors (Lipinski definition) is 3. The van der Waals surface area contributed by atoms with Crippen LogP contribution in [-0.2, 0) is 4.74 Å². The minimum atomic E-state index is -0.413. The molecule has 5 heteroatoms. The summed E-state index contributed by atoms with van der Waals surface area (Å²) in [6.45, 7) is 5.68. The summed E-state index contributed by atoms with van der Waals surface area (Å²) in [6.07, 6.45) is 2.86. The van der Waals surface area contributed by atoms with Crippen LogP contribution in [0.5, 0.6) is 0 Å². The first-order valence-electron chi connectivity index (χ1n) is 5.65. The van der Waals surface area contributed by atoms with Gasteiger partial charge >= 0.3 is 6.09 Å². The van der Waals surface area contributed by atoms with Crippen molar-refractivity contribution in [2.45, 2.75) is 63.8 Å². The number of nitrogens with zero attached hydrogens (tertiary/aromatic N) is 1. The zero-order chi connectivity index (χ0) is 11.2. The maximum atomic E-state index is 11.9. The van der Waals surface area contributed by atoms with Gasteiger partial charge in [-0.05, 0) is 40.0 Å². The van der Waals surface area contributed by atoms with E-state index < -0.39 is 5.60 Å². The van der Waals surface area contributed by atoms with Crippen molar-refractivity contribution in [1.82, 2.24) is 4.90 Å². The summed E-state index contributed by atoms with van der Waals surface area (Å²) < 4.78 is 5.38. The van der Waals surface area contributed by atoms with Gasteiger partial charge < -0.3 is 15.4 Å². The predicted molar refractivity (Wildman–Crippen MR) is 64.7 cm³/mol. The summed E-state index contributed by atoms with van der Waals surface area (Å²) in [6, 6.07) is 0.681. The van der Waals surface area contributed by atoms with Gasteiger partial charge in [-0.25, -0.2) is 4.79 Å². The van der Waals surface area contributed by atoms with Gasteiger partial charge in [0.2, 0.25) is 0 Å². The van der Waals surface area contributed by atoms with E-state index in [4.69, 9.17) is 10.5 Å². The van der Waals surface area contributed by atoms with Crippen LogP contribution in [-0.4, -0.2) is 34.7 Å². The van der Waals surface area contributed by atoms with Gasteiger partial charge in [0.25, 0.3) is 0 Å². The van der Waals surface area contributed by atoms with Crippen LogP contribution in [0.2, 0.25) is 0 Å². The topological polar surface area (TPSA) is 55.6 Å². The summed E-state index contributed by atoms with van der Waals surface area (Å²) in [4.78, 5) is 13.8. The molecule has 1 amide bonds. The normalized spacial score (nSPS) is 32.5. The molecule has 2 rings (SSSR count). The first-order chi connectivity index (χ1) is 6.88. The Kier molecular flexibility index (Phi) is 3.75. The number of ether oxygens (including phenoxy) is 1. The molecule has 0 aliphatic carbocycles. The highest BCUT2D eigenvalue weighted by Crippen LogP contribution is 2.37. The van der Waals surface area contributed by atoms with Crippen LogP contribution in [0.15, 0.2) is 0 Å². The largest absolute Gasteiger partial charge is 0.444 e. The van der Waals surface area contributed by atoms with E-state index in [9.17, 15) is 4.79 Å². The molecule has 0 radical (unpaired) electrons. The molecular weight excluding hydrogens is 228 g/mol. The first kappa shape index (κ1) is 13.6. The van der Waals surface area contributed by atoms with Crippen LogP contribution >= 0.6 is 12.4 Å². The number of halogens is 1. The zero-order valence-corrected chi connectivity index (χ0v) is 10.9. The van der Waals surface area contributed by atoms with E-state index in [2.05, 4.69) is 0 Å². The number of amides is 1. The van der Waals surface area contributed by atoms with Gasteiger partial charge in [-0.2, -0.15) is 0 Å². The lowest BCUT2D eigenvalue weighted by Crippen LogP contribution is -2.43. The van der Waals surface area contributed by atoms with Crippen LogP contribution in [0.4, 0.5) is 4.79 Å². The van der Waals surface area contributed by atoms with Crippen molar-refractivity contribution in [3.8, 4) is 0 Å². The molecule has 2 aliphatic rings. The molecule has 0 aromatic carbocycles. The molecule has 0 unspecified atom stereocenters. The first-order valence-corrected chi connectivity index (χ1v) is 5.65. The SMILES string of the molecule is CC(C)(C)OC(=O)N1[C@@H]2CC[C@H]1[C@@H](N)C2.Cl. The third-order valence-corrected chi connectivity index (χ3v) is 3.19. The Morgan fingerprint density at radius 2 is 2.00 bits per heavy atom. The van der Waals surface area contributed by atoms with E-state index >= 15 is 0 Å². The minimum Gasteiger partial charge on any atom is -0.444 e. The van der Waals surface area contributed by atoms with E-state index in [0.717, 1.165) is 19.3 Å². The highest BCUT2D eigenvalue weighted by Gasteiger charge is 2.48. The molecule has 0 spiro atoms. The highest BCUT2D eigenvalue weighted by molar-refractivity contribution is 5.85. The fourth-order valence-corrected chi connectivity index (χ4v) is 2.63. The second kappa shape index (κ2) is 4.41. The number of carbonyl (C=O) groups excluding carboxylic acids is 1. The van der Waals surface area contributed by atoms with Crippen molar-refractivity contribution in [2.75, 3.05) is 0 Å². The maximum Gasteiger partial charge on any atom is 0.410 e. The number of hydrogen-bond donors (Lipinski definition) is 1. The Balaban J connectivity index is 0.00000128. The molecule has 4 nitrogen and oxygen atoms in total. The monoisotopic (exact) mass is 248 g/mol. The summed E-state index contributed by atoms with van der Waals surface area (Å²) >= 11 is 0. The number of carbonyl (C=O) groups is 1. The summed E-state index contributed by atoms with van der Waals surface area (Å²) in [5.74, 6) is 0. The minimum absolute atomic E-state index is 0. The molecule has 2 fully saturated rings. The second-order valence-electron chi connectivity index (χ2n) is 5.59. The van der Waals surface area contributed by atoms with Crippen molar-refractivity contribution >= 4 is 18.5 Å². The standard InChI is InChI=1S/C11H20N2O2.ClH/c1-11(2,3)15-10(14)13-7-4-5-9(13)8(12)6-7;/h7-9H,4-6,12H2,1-3H3;1H/t7-,8+,9+;/m1./s1. The summed E-state index contributed by atoms with van der Waals surface area (Å²) in [5.41, 5.74) is 5.55.